The molecule has 21 heavy (non-hydrogen) atoms. The third-order valence-corrected chi connectivity index (χ3v) is 5.10. The van der Waals surface area contributed by atoms with Gasteiger partial charge in [0, 0.05) is 24.2 Å². The van der Waals surface area contributed by atoms with Crippen molar-refractivity contribution in [3.63, 3.8) is 0 Å². The third-order valence-electron chi connectivity index (χ3n) is 5.10. The maximum atomic E-state index is 6.18. The Morgan fingerprint density at radius 2 is 2.19 bits per heavy atom. The van der Waals surface area contributed by atoms with Crippen molar-refractivity contribution < 1.29 is 4.74 Å². The lowest BCUT2D eigenvalue weighted by Gasteiger charge is -2.46. The molecule has 0 bridgehead atoms. The number of hydrogen-bond donors (Lipinski definition) is 1. The molecule has 0 heterocycles. The number of nitrogens with zero attached hydrogens (tertiary/aromatic N) is 1. The number of ether oxygens (including phenoxy) is 1. The maximum absolute atomic E-state index is 6.18. The molecule has 2 N–H and O–H groups in total. The summed E-state index contributed by atoms with van der Waals surface area (Å²) in [6.45, 7) is 6.12. The monoisotopic (exact) mass is 290 g/mol. The minimum Gasteiger partial charge on any atom is -0.496 e. The summed E-state index contributed by atoms with van der Waals surface area (Å²) in [6, 6.07) is 6.40. The highest BCUT2D eigenvalue weighted by Gasteiger charge is 2.37. The number of methoxy groups -OCH3 is 1. The van der Waals surface area contributed by atoms with Crippen LogP contribution in [0.1, 0.15) is 43.7 Å². The van der Waals surface area contributed by atoms with Crippen molar-refractivity contribution in [2.24, 2.45) is 11.7 Å². The molecule has 2 unspecified atom stereocenters. The number of nitrogens with two attached hydrogens (primary N) is 1. The van der Waals surface area contributed by atoms with Gasteiger partial charge in [0.1, 0.15) is 5.75 Å². The predicted molar refractivity (Wildman–Crippen MR) is 88.6 cm³/mol. The van der Waals surface area contributed by atoms with Gasteiger partial charge in [-0.15, -0.1) is 0 Å². The summed E-state index contributed by atoms with van der Waals surface area (Å²) in [5.74, 6) is 1.74. The van der Waals surface area contributed by atoms with Gasteiger partial charge in [-0.1, -0.05) is 37.5 Å². The van der Waals surface area contributed by atoms with E-state index < -0.39 is 0 Å². The van der Waals surface area contributed by atoms with Crippen LogP contribution in [0, 0.1) is 12.8 Å². The van der Waals surface area contributed by atoms with Crippen LogP contribution in [0.3, 0.4) is 0 Å². The molecule has 1 aliphatic rings. The second-order valence-corrected chi connectivity index (χ2v) is 6.80. The molecule has 1 aliphatic carbocycles. The van der Waals surface area contributed by atoms with Gasteiger partial charge in [-0.25, -0.2) is 0 Å². The van der Waals surface area contributed by atoms with Crippen LogP contribution in [0.5, 0.6) is 5.75 Å². The summed E-state index contributed by atoms with van der Waals surface area (Å²) in [6.07, 6.45) is 5.03. The van der Waals surface area contributed by atoms with Crippen molar-refractivity contribution in [1.82, 2.24) is 4.90 Å². The van der Waals surface area contributed by atoms with Gasteiger partial charge in [-0.2, -0.15) is 0 Å². The molecule has 0 amide bonds. The SMILES string of the molecule is COc1ccc(C)cc1CN(C)C1(CN)CCCC(C)C1. The Kier molecular flexibility index (Phi) is 5.28. The smallest absolute Gasteiger partial charge is 0.123 e. The predicted octanol–water partition coefficient (Wildman–Crippen LogP) is 3.34. The molecule has 3 heteroatoms. The standard InChI is InChI=1S/C18H30N2O/c1-14-7-8-17(21-4)16(10-14)12-20(3)18(13-19)9-5-6-15(2)11-18/h7-8,10,15H,5-6,9,11-13,19H2,1-4H3. The first kappa shape index (κ1) is 16.3. The van der Waals surface area contributed by atoms with Gasteiger partial charge in [-0.3, -0.25) is 4.90 Å². The summed E-state index contributed by atoms with van der Waals surface area (Å²) >= 11 is 0. The maximum Gasteiger partial charge on any atom is 0.123 e. The van der Waals surface area contributed by atoms with Crippen molar-refractivity contribution >= 4 is 0 Å². The van der Waals surface area contributed by atoms with Gasteiger partial charge < -0.3 is 10.5 Å². The van der Waals surface area contributed by atoms with E-state index in [1.54, 1.807) is 7.11 Å². The molecular formula is C18H30N2O. The third kappa shape index (κ3) is 3.58. The molecule has 0 aliphatic heterocycles. The van der Waals surface area contributed by atoms with E-state index in [-0.39, 0.29) is 5.54 Å². The van der Waals surface area contributed by atoms with Gasteiger partial charge in [0.25, 0.3) is 0 Å². The Morgan fingerprint density at radius 1 is 1.43 bits per heavy atom. The van der Waals surface area contributed by atoms with Crippen LogP contribution >= 0.6 is 0 Å². The molecule has 0 radical (unpaired) electrons. The Balaban J connectivity index is 2.19. The zero-order valence-corrected chi connectivity index (χ0v) is 14.0. The van der Waals surface area contributed by atoms with Crippen molar-refractivity contribution in [2.75, 3.05) is 20.7 Å². The van der Waals surface area contributed by atoms with E-state index in [2.05, 4.69) is 44.0 Å². The molecule has 2 rings (SSSR count). The largest absolute Gasteiger partial charge is 0.496 e. The van der Waals surface area contributed by atoms with E-state index in [9.17, 15) is 0 Å². The van der Waals surface area contributed by atoms with E-state index in [1.807, 2.05) is 0 Å². The highest BCUT2D eigenvalue weighted by Crippen LogP contribution is 2.37. The van der Waals surface area contributed by atoms with Crippen LogP contribution in [0.25, 0.3) is 0 Å². The van der Waals surface area contributed by atoms with Crippen LogP contribution in [0.15, 0.2) is 18.2 Å². The number of rotatable bonds is 5. The van der Waals surface area contributed by atoms with E-state index in [4.69, 9.17) is 10.5 Å². The van der Waals surface area contributed by atoms with Crippen LogP contribution in [-0.2, 0) is 6.54 Å². The average molecular weight is 290 g/mol. The molecule has 1 saturated carbocycles. The molecule has 2 atom stereocenters. The number of aryl methyl sites for hydroxylation is 1. The Hall–Kier alpha value is -1.06. The molecule has 0 spiro atoms. The zero-order valence-electron chi connectivity index (χ0n) is 14.0. The van der Waals surface area contributed by atoms with Crippen molar-refractivity contribution in [2.45, 2.75) is 51.6 Å². The van der Waals surface area contributed by atoms with E-state index in [0.29, 0.717) is 0 Å². The first-order valence-corrected chi connectivity index (χ1v) is 8.05. The Bertz CT molecular complexity index is 474. The number of likely N-dealkylation sites (N-methyl/N-ethyl adjacent to an activating group) is 1. The lowest BCUT2D eigenvalue weighted by Crippen LogP contribution is -2.54. The minimum absolute atomic E-state index is 0.145. The Labute approximate surface area is 129 Å². The highest BCUT2D eigenvalue weighted by molar-refractivity contribution is 5.37. The number of benzene rings is 1. The fourth-order valence-electron chi connectivity index (χ4n) is 3.77. The van der Waals surface area contributed by atoms with Crippen molar-refractivity contribution in [1.29, 1.82) is 0 Å². The van der Waals surface area contributed by atoms with Crippen LogP contribution in [-0.4, -0.2) is 31.1 Å². The summed E-state index contributed by atoms with van der Waals surface area (Å²) in [7, 11) is 3.96. The van der Waals surface area contributed by atoms with Crippen LogP contribution in [0.2, 0.25) is 0 Å². The van der Waals surface area contributed by atoms with E-state index in [1.165, 1.54) is 36.8 Å². The lowest BCUT2D eigenvalue weighted by atomic mass is 9.75. The first-order chi connectivity index (χ1) is 10.0. The molecule has 0 saturated heterocycles. The summed E-state index contributed by atoms with van der Waals surface area (Å²) in [5, 5.41) is 0. The molecule has 1 fully saturated rings. The van der Waals surface area contributed by atoms with Gasteiger partial charge in [0.15, 0.2) is 0 Å². The van der Waals surface area contributed by atoms with Gasteiger partial charge in [0.05, 0.1) is 7.11 Å². The molecule has 3 nitrogen and oxygen atoms in total. The lowest BCUT2D eigenvalue weighted by molar-refractivity contribution is 0.0549. The first-order valence-electron chi connectivity index (χ1n) is 8.05. The fourth-order valence-corrected chi connectivity index (χ4v) is 3.77. The summed E-state index contributed by atoms with van der Waals surface area (Å²) in [5.41, 5.74) is 8.86. The number of hydrogen-bond acceptors (Lipinski definition) is 3. The molecular weight excluding hydrogens is 260 g/mol. The Morgan fingerprint density at radius 3 is 2.81 bits per heavy atom. The second kappa shape index (κ2) is 6.80. The van der Waals surface area contributed by atoms with E-state index in [0.717, 1.165) is 24.8 Å². The second-order valence-electron chi connectivity index (χ2n) is 6.80. The van der Waals surface area contributed by atoms with Crippen LogP contribution in [0.4, 0.5) is 0 Å². The zero-order chi connectivity index (χ0) is 15.5. The molecule has 1 aromatic carbocycles. The van der Waals surface area contributed by atoms with Crippen LogP contribution < -0.4 is 10.5 Å². The quantitative estimate of drug-likeness (QED) is 0.904. The molecule has 1 aromatic rings. The summed E-state index contributed by atoms with van der Waals surface area (Å²) < 4.78 is 5.52. The molecule has 118 valence electrons. The van der Waals surface area contributed by atoms with Gasteiger partial charge in [-0.05, 0) is 38.8 Å². The average Bonchev–Trinajstić information content (AvgIpc) is 2.47. The summed E-state index contributed by atoms with van der Waals surface area (Å²) in [4.78, 5) is 2.46. The van der Waals surface area contributed by atoms with Gasteiger partial charge >= 0.3 is 0 Å². The van der Waals surface area contributed by atoms with Crippen molar-refractivity contribution in [3.05, 3.63) is 29.3 Å². The molecule has 0 aromatic heterocycles. The van der Waals surface area contributed by atoms with Crippen molar-refractivity contribution in [3.8, 4) is 5.75 Å². The normalized spacial score (nSPS) is 26.1. The van der Waals surface area contributed by atoms with Gasteiger partial charge in [0.2, 0.25) is 0 Å². The van der Waals surface area contributed by atoms with E-state index >= 15 is 0 Å². The minimum atomic E-state index is 0.145. The topological polar surface area (TPSA) is 38.5 Å². The fraction of sp³-hybridized carbons (Fsp3) is 0.667. The highest BCUT2D eigenvalue weighted by atomic mass is 16.5.